The highest BCUT2D eigenvalue weighted by Gasteiger charge is 2.48. The maximum absolute atomic E-state index is 11.5. The normalized spacial score (nSPS) is 28.0. The molecule has 17 heavy (non-hydrogen) atoms. The van der Waals surface area contributed by atoms with Gasteiger partial charge in [-0.25, -0.2) is 0 Å². The molecule has 2 N–H and O–H groups in total. The van der Waals surface area contributed by atoms with Crippen LogP contribution in [0.5, 0.6) is 0 Å². The van der Waals surface area contributed by atoms with E-state index in [1.54, 1.807) is 0 Å². The molecule has 2 atom stereocenters. The van der Waals surface area contributed by atoms with Gasteiger partial charge in [0.1, 0.15) is 0 Å². The van der Waals surface area contributed by atoms with Crippen LogP contribution in [-0.4, -0.2) is 36.2 Å². The van der Waals surface area contributed by atoms with Gasteiger partial charge in [-0.2, -0.15) is 0 Å². The van der Waals surface area contributed by atoms with Crippen molar-refractivity contribution in [1.82, 2.24) is 5.32 Å². The third-order valence-electron chi connectivity index (χ3n) is 3.50. The van der Waals surface area contributed by atoms with Crippen LogP contribution in [0.4, 0.5) is 0 Å². The second-order valence-corrected chi connectivity index (χ2v) is 4.86. The topological polar surface area (TPSA) is 75.6 Å². The van der Waals surface area contributed by atoms with E-state index in [2.05, 4.69) is 5.32 Å². The van der Waals surface area contributed by atoms with Crippen molar-refractivity contribution in [2.45, 2.75) is 38.2 Å². The summed E-state index contributed by atoms with van der Waals surface area (Å²) in [6, 6.07) is 0. The average Bonchev–Trinajstić information content (AvgIpc) is 2.95. The van der Waals surface area contributed by atoms with Gasteiger partial charge in [0, 0.05) is 6.54 Å². The van der Waals surface area contributed by atoms with E-state index in [9.17, 15) is 9.59 Å². The molecule has 1 amide bonds. The minimum absolute atomic E-state index is 0.146. The number of rotatable bonds is 6. The summed E-state index contributed by atoms with van der Waals surface area (Å²) in [7, 11) is 0. The molecule has 0 aromatic carbocycles. The van der Waals surface area contributed by atoms with E-state index in [0.29, 0.717) is 25.7 Å². The third-order valence-corrected chi connectivity index (χ3v) is 3.50. The van der Waals surface area contributed by atoms with Crippen LogP contribution in [0.15, 0.2) is 0 Å². The quantitative estimate of drug-likeness (QED) is 0.674. The van der Waals surface area contributed by atoms with Crippen LogP contribution in [-0.2, 0) is 14.3 Å². The van der Waals surface area contributed by atoms with Crippen molar-refractivity contribution in [3.8, 4) is 0 Å². The van der Waals surface area contributed by atoms with Crippen LogP contribution >= 0.6 is 0 Å². The molecule has 0 aromatic rings. The molecule has 0 radical (unpaired) electrons. The van der Waals surface area contributed by atoms with Gasteiger partial charge in [0.25, 0.3) is 0 Å². The lowest BCUT2D eigenvalue weighted by Gasteiger charge is -2.11. The summed E-state index contributed by atoms with van der Waals surface area (Å²) in [5.41, 5.74) is 0. The van der Waals surface area contributed by atoms with Crippen LogP contribution in [0.2, 0.25) is 0 Å². The highest BCUT2D eigenvalue weighted by molar-refractivity contribution is 5.89. The fraction of sp³-hybridized carbons (Fsp3) is 0.833. The Labute approximate surface area is 101 Å². The predicted octanol–water partition coefficient (Wildman–Crippen LogP) is 0.782. The number of hydrogen-bond acceptors (Lipinski definition) is 3. The Hall–Kier alpha value is -1.10. The number of ether oxygens (including phenoxy) is 1. The lowest BCUT2D eigenvalue weighted by atomic mass is 10.3. The zero-order valence-corrected chi connectivity index (χ0v) is 9.85. The van der Waals surface area contributed by atoms with E-state index in [4.69, 9.17) is 9.84 Å². The number of hydrogen-bond donors (Lipinski definition) is 2. The van der Waals surface area contributed by atoms with Crippen LogP contribution in [0.1, 0.15) is 32.1 Å². The molecule has 2 aliphatic rings. The number of amides is 1. The van der Waals surface area contributed by atoms with Gasteiger partial charge in [-0.1, -0.05) is 12.8 Å². The summed E-state index contributed by atoms with van der Waals surface area (Å²) in [5.74, 6) is -1.80. The zero-order valence-electron chi connectivity index (χ0n) is 9.85. The number of aliphatic carboxylic acids is 1. The predicted molar refractivity (Wildman–Crippen MR) is 60.5 cm³/mol. The Bertz CT molecular complexity index is 299. The number of carboxylic acid groups (broad SMARTS) is 1. The van der Waals surface area contributed by atoms with Crippen molar-refractivity contribution >= 4 is 11.9 Å². The minimum atomic E-state index is -0.868. The molecule has 2 rings (SSSR count). The second kappa shape index (κ2) is 5.49. The summed E-state index contributed by atoms with van der Waals surface area (Å²) in [5, 5.41) is 11.4. The monoisotopic (exact) mass is 241 g/mol. The highest BCUT2D eigenvalue weighted by atomic mass is 16.5. The maximum atomic E-state index is 11.5. The van der Waals surface area contributed by atoms with Crippen LogP contribution < -0.4 is 5.32 Å². The molecule has 0 unspecified atom stereocenters. The standard InChI is InChI=1S/C12H19NO4/c14-11(9-7-10(9)12(15)16)13-5-6-17-8-3-1-2-4-8/h8-10H,1-7H2,(H,13,14)(H,15,16)/t9-,10-/m0/s1. The first-order valence-corrected chi connectivity index (χ1v) is 6.30. The number of carbonyl (C=O) groups excluding carboxylic acids is 1. The van der Waals surface area contributed by atoms with Crippen molar-refractivity contribution < 1.29 is 19.4 Å². The third kappa shape index (κ3) is 3.43. The summed E-state index contributed by atoms with van der Waals surface area (Å²) in [4.78, 5) is 22.1. The lowest BCUT2D eigenvalue weighted by Crippen LogP contribution is -2.30. The van der Waals surface area contributed by atoms with E-state index < -0.39 is 11.9 Å². The van der Waals surface area contributed by atoms with Gasteiger partial charge in [-0.05, 0) is 19.3 Å². The summed E-state index contributed by atoms with van der Waals surface area (Å²) in [6.45, 7) is 1.01. The van der Waals surface area contributed by atoms with Gasteiger partial charge in [0.15, 0.2) is 0 Å². The first kappa shape index (κ1) is 12.4. The molecule has 2 aliphatic carbocycles. The SMILES string of the molecule is O=C(O)[C@H]1C[C@@H]1C(=O)NCCOC1CCCC1. The zero-order chi connectivity index (χ0) is 12.3. The average molecular weight is 241 g/mol. The van der Waals surface area contributed by atoms with Gasteiger partial charge >= 0.3 is 5.97 Å². The van der Waals surface area contributed by atoms with Gasteiger partial charge in [-0.15, -0.1) is 0 Å². The fourth-order valence-electron chi connectivity index (χ4n) is 2.34. The van der Waals surface area contributed by atoms with Crippen molar-refractivity contribution in [2.75, 3.05) is 13.2 Å². The molecular weight excluding hydrogens is 222 g/mol. The van der Waals surface area contributed by atoms with E-state index in [1.807, 2.05) is 0 Å². The summed E-state index contributed by atoms with van der Waals surface area (Å²) < 4.78 is 5.60. The molecule has 0 aliphatic heterocycles. The molecule has 0 heterocycles. The molecule has 0 bridgehead atoms. The van der Waals surface area contributed by atoms with Crippen molar-refractivity contribution in [3.63, 3.8) is 0 Å². The first-order chi connectivity index (χ1) is 8.18. The number of nitrogens with one attached hydrogen (secondary N) is 1. The van der Waals surface area contributed by atoms with Gasteiger partial charge in [0.05, 0.1) is 24.5 Å². The van der Waals surface area contributed by atoms with E-state index >= 15 is 0 Å². The second-order valence-electron chi connectivity index (χ2n) is 4.86. The molecule has 2 fully saturated rings. The van der Waals surface area contributed by atoms with Crippen LogP contribution in [0, 0.1) is 11.8 Å². The van der Waals surface area contributed by atoms with Crippen molar-refractivity contribution in [3.05, 3.63) is 0 Å². The fourth-order valence-corrected chi connectivity index (χ4v) is 2.34. The molecule has 0 spiro atoms. The maximum Gasteiger partial charge on any atom is 0.307 e. The Morgan fingerprint density at radius 3 is 2.53 bits per heavy atom. The number of carboxylic acids is 1. The smallest absolute Gasteiger partial charge is 0.307 e. The van der Waals surface area contributed by atoms with Crippen LogP contribution in [0.3, 0.4) is 0 Å². The Kier molecular flexibility index (Phi) is 3.99. The van der Waals surface area contributed by atoms with Gasteiger partial charge < -0.3 is 15.2 Å². The lowest BCUT2D eigenvalue weighted by molar-refractivity contribution is -0.140. The largest absolute Gasteiger partial charge is 0.481 e. The van der Waals surface area contributed by atoms with E-state index in [-0.39, 0.29) is 11.8 Å². The molecular formula is C12H19NO4. The molecule has 2 saturated carbocycles. The van der Waals surface area contributed by atoms with E-state index in [0.717, 1.165) is 12.8 Å². The van der Waals surface area contributed by atoms with Gasteiger partial charge in [-0.3, -0.25) is 9.59 Å². The Balaban J connectivity index is 1.53. The van der Waals surface area contributed by atoms with Crippen LogP contribution in [0.25, 0.3) is 0 Å². The molecule has 96 valence electrons. The Morgan fingerprint density at radius 1 is 1.24 bits per heavy atom. The van der Waals surface area contributed by atoms with Crippen molar-refractivity contribution in [1.29, 1.82) is 0 Å². The molecule has 5 nitrogen and oxygen atoms in total. The summed E-state index contributed by atoms with van der Waals surface area (Å²) in [6.07, 6.45) is 5.55. The Morgan fingerprint density at radius 2 is 1.94 bits per heavy atom. The molecule has 0 aromatic heterocycles. The molecule has 5 heteroatoms. The first-order valence-electron chi connectivity index (χ1n) is 6.30. The van der Waals surface area contributed by atoms with Gasteiger partial charge in [0.2, 0.25) is 5.91 Å². The number of carbonyl (C=O) groups is 2. The molecule has 0 saturated heterocycles. The summed E-state index contributed by atoms with van der Waals surface area (Å²) >= 11 is 0. The minimum Gasteiger partial charge on any atom is -0.481 e. The van der Waals surface area contributed by atoms with Crippen molar-refractivity contribution in [2.24, 2.45) is 11.8 Å². The highest BCUT2D eigenvalue weighted by Crippen LogP contribution is 2.38. The van der Waals surface area contributed by atoms with E-state index in [1.165, 1.54) is 12.8 Å².